The molecule has 2 unspecified atom stereocenters. The summed E-state index contributed by atoms with van der Waals surface area (Å²) in [7, 11) is 0. The van der Waals surface area contributed by atoms with Crippen LogP contribution >= 0.6 is 0 Å². The van der Waals surface area contributed by atoms with Gasteiger partial charge in [-0.15, -0.1) is 0 Å². The molecule has 0 radical (unpaired) electrons. The van der Waals surface area contributed by atoms with E-state index in [9.17, 15) is 4.79 Å². The lowest BCUT2D eigenvalue weighted by Crippen LogP contribution is -2.32. The molecular weight excluding hydrogens is 262 g/mol. The van der Waals surface area contributed by atoms with Gasteiger partial charge >= 0.3 is 5.97 Å². The Labute approximate surface area is 117 Å². The van der Waals surface area contributed by atoms with Gasteiger partial charge in [-0.2, -0.15) is 0 Å². The molecule has 7 N–H and O–H groups in total. The Balaban J connectivity index is 2.96. The largest absolute Gasteiger partial charge is 0.477 e. The van der Waals surface area contributed by atoms with Gasteiger partial charge in [0.1, 0.15) is 5.69 Å². The van der Waals surface area contributed by atoms with Gasteiger partial charge in [-0.25, -0.2) is 9.78 Å². The minimum atomic E-state index is -1.11. The molecule has 1 aromatic heterocycles. The first-order valence-electron chi connectivity index (χ1n) is 6.41. The van der Waals surface area contributed by atoms with Crippen molar-refractivity contribution in [1.82, 2.24) is 4.98 Å². The molecule has 0 saturated carbocycles. The fraction of sp³-hybridized carbons (Fsp3) is 0.538. The Kier molecular flexibility index (Phi) is 6.53. The predicted octanol–water partition coefficient (Wildman–Crippen LogP) is -0.717. The summed E-state index contributed by atoms with van der Waals surface area (Å²) >= 11 is 0. The van der Waals surface area contributed by atoms with Gasteiger partial charge in [-0.1, -0.05) is 6.07 Å². The maximum atomic E-state index is 10.9. The lowest BCUT2D eigenvalue weighted by molar-refractivity contribution is 0.0690. The highest BCUT2D eigenvalue weighted by atomic mass is 16.4. The van der Waals surface area contributed by atoms with Crippen LogP contribution in [0.3, 0.4) is 0 Å². The van der Waals surface area contributed by atoms with Crippen molar-refractivity contribution in [2.24, 2.45) is 11.5 Å². The van der Waals surface area contributed by atoms with Crippen LogP contribution < -0.4 is 11.5 Å². The summed E-state index contributed by atoms with van der Waals surface area (Å²) < 4.78 is 0. The average Bonchev–Trinajstić information content (AvgIpc) is 2.46. The Morgan fingerprint density at radius 2 is 1.70 bits per heavy atom. The quantitative estimate of drug-likeness (QED) is 0.423. The first-order valence-corrected chi connectivity index (χ1v) is 6.41. The minimum Gasteiger partial charge on any atom is -0.477 e. The van der Waals surface area contributed by atoms with E-state index in [2.05, 4.69) is 4.98 Å². The number of aliphatic hydroxyl groups is 2. The number of nitrogens with zero attached hydrogens (tertiary/aromatic N) is 1. The number of rotatable bonds is 8. The molecule has 7 heteroatoms. The van der Waals surface area contributed by atoms with E-state index in [1.807, 2.05) is 0 Å². The Morgan fingerprint density at radius 1 is 1.15 bits per heavy atom. The van der Waals surface area contributed by atoms with Crippen molar-refractivity contribution in [1.29, 1.82) is 0 Å². The summed E-state index contributed by atoms with van der Waals surface area (Å²) in [5.41, 5.74) is 12.0. The van der Waals surface area contributed by atoms with Crippen molar-refractivity contribution < 1.29 is 20.1 Å². The van der Waals surface area contributed by atoms with Crippen LogP contribution in [-0.2, 0) is 0 Å². The van der Waals surface area contributed by atoms with Gasteiger partial charge in [0.2, 0.25) is 0 Å². The molecule has 0 amide bonds. The zero-order valence-corrected chi connectivity index (χ0v) is 11.1. The first kappa shape index (κ1) is 16.5. The highest BCUT2D eigenvalue weighted by Gasteiger charge is 2.20. The van der Waals surface area contributed by atoms with Crippen molar-refractivity contribution in [3.05, 3.63) is 29.6 Å². The molecule has 1 rings (SSSR count). The summed E-state index contributed by atoms with van der Waals surface area (Å²) in [6, 6.07) is 3.82. The molecular formula is C13H21N3O4. The molecule has 0 bridgehead atoms. The monoisotopic (exact) mass is 283 g/mol. The van der Waals surface area contributed by atoms with Crippen LogP contribution in [-0.4, -0.2) is 51.6 Å². The number of carbonyl (C=O) groups is 1. The number of aromatic carboxylic acids is 1. The van der Waals surface area contributed by atoms with Crippen molar-refractivity contribution in [2.45, 2.75) is 30.8 Å². The highest BCUT2D eigenvalue weighted by molar-refractivity contribution is 5.85. The van der Waals surface area contributed by atoms with Crippen molar-refractivity contribution >= 4 is 5.97 Å². The number of nitrogens with two attached hydrogens (primary N) is 2. The highest BCUT2D eigenvalue weighted by Crippen LogP contribution is 2.24. The molecule has 0 spiro atoms. The summed E-state index contributed by atoms with van der Waals surface area (Å²) in [6.45, 7) is -0.354. The summed E-state index contributed by atoms with van der Waals surface area (Å²) in [5.74, 6) is -1.32. The van der Waals surface area contributed by atoms with Crippen LogP contribution in [0.2, 0.25) is 0 Å². The topological polar surface area (TPSA) is 143 Å². The lowest BCUT2D eigenvalue weighted by Gasteiger charge is -2.22. The van der Waals surface area contributed by atoms with Gasteiger partial charge in [-0.3, -0.25) is 0 Å². The lowest BCUT2D eigenvalue weighted by atomic mass is 9.90. The summed E-state index contributed by atoms with van der Waals surface area (Å²) in [4.78, 5) is 15.0. The van der Waals surface area contributed by atoms with Gasteiger partial charge < -0.3 is 26.8 Å². The van der Waals surface area contributed by atoms with E-state index in [1.54, 1.807) is 12.1 Å². The molecule has 0 saturated heterocycles. The Hall–Kier alpha value is -1.54. The zero-order valence-electron chi connectivity index (χ0n) is 11.1. The maximum absolute atomic E-state index is 10.9. The molecule has 20 heavy (non-hydrogen) atoms. The fourth-order valence-corrected chi connectivity index (χ4v) is 2.02. The van der Waals surface area contributed by atoms with Gasteiger partial charge in [0.25, 0.3) is 0 Å². The number of aliphatic hydroxyl groups excluding tert-OH is 2. The van der Waals surface area contributed by atoms with Gasteiger partial charge in [0.05, 0.1) is 13.2 Å². The third-order valence-electron chi connectivity index (χ3n) is 3.05. The number of carboxylic acid groups (broad SMARTS) is 1. The van der Waals surface area contributed by atoms with E-state index in [1.165, 1.54) is 6.07 Å². The van der Waals surface area contributed by atoms with E-state index in [0.29, 0.717) is 18.5 Å². The van der Waals surface area contributed by atoms with Crippen LogP contribution in [0.15, 0.2) is 18.2 Å². The molecule has 2 atom stereocenters. The van der Waals surface area contributed by atoms with Gasteiger partial charge in [-0.05, 0) is 25.0 Å². The Bertz CT molecular complexity index is 429. The van der Waals surface area contributed by atoms with E-state index >= 15 is 0 Å². The van der Waals surface area contributed by atoms with E-state index in [-0.39, 0.29) is 24.8 Å². The minimum absolute atomic E-state index is 0.0531. The molecule has 7 nitrogen and oxygen atoms in total. The fourth-order valence-electron chi connectivity index (χ4n) is 2.02. The third kappa shape index (κ3) is 4.86. The van der Waals surface area contributed by atoms with Crippen LogP contribution in [0.4, 0.5) is 0 Å². The van der Waals surface area contributed by atoms with Crippen molar-refractivity contribution in [2.75, 3.05) is 13.2 Å². The van der Waals surface area contributed by atoms with E-state index in [0.717, 1.165) is 0 Å². The number of hydrogen-bond donors (Lipinski definition) is 5. The second-order valence-electron chi connectivity index (χ2n) is 4.81. The number of pyridine rings is 1. The first-order chi connectivity index (χ1) is 9.47. The third-order valence-corrected chi connectivity index (χ3v) is 3.05. The van der Waals surface area contributed by atoms with E-state index < -0.39 is 18.1 Å². The molecule has 112 valence electrons. The molecule has 0 aliphatic heterocycles. The molecule has 0 aliphatic rings. The normalized spacial score (nSPS) is 15.6. The molecule has 1 heterocycles. The van der Waals surface area contributed by atoms with Crippen LogP contribution in [0.1, 0.15) is 34.9 Å². The summed E-state index contributed by atoms with van der Waals surface area (Å²) in [5, 5.41) is 27.0. The zero-order chi connectivity index (χ0) is 15.1. The van der Waals surface area contributed by atoms with Crippen molar-refractivity contribution in [3.8, 4) is 0 Å². The Morgan fingerprint density at radius 3 is 2.15 bits per heavy atom. The second kappa shape index (κ2) is 7.91. The van der Waals surface area contributed by atoms with Crippen molar-refractivity contribution in [3.63, 3.8) is 0 Å². The average molecular weight is 283 g/mol. The molecule has 0 fully saturated rings. The van der Waals surface area contributed by atoms with Gasteiger partial charge in [0.15, 0.2) is 0 Å². The SMILES string of the molecule is NC(CO)CC(CC(N)CO)c1cccc(C(=O)O)n1. The van der Waals surface area contributed by atoms with Crippen LogP contribution in [0.25, 0.3) is 0 Å². The molecule has 1 aromatic rings. The number of carboxylic acids is 1. The number of aromatic nitrogens is 1. The smallest absolute Gasteiger partial charge is 0.354 e. The standard InChI is InChI=1S/C13H21N3O4/c14-9(6-17)4-8(5-10(15)7-18)11-2-1-3-12(16-11)13(19)20/h1-3,8-10,17-18H,4-7,14-15H2,(H,19,20). The van der Waals surface area contributed by atoms with Crippen LogP contribution in [0, 0.1) is 0 Å². The maximum Gasteiger partial charge on any atom is 0.354 e. The van der Waals surface area contributed by atoms with E-state index in [4.69, 9.17) is 26.8 Å². The second-order valence-corrected chi connectivity index (χ2v) is 4.81. The summed E-state index contributed by atoms with van der Waals surface area (Å²) in [6.07, 6.45) is 0.834. The molecule has 0 aromatic carbocycles. The van der Waals surface area contributed by atoms with Crippen LogP contribution in [0.5, 0.6) is 0 Å². The number of hydrogen-bond acceptors (Lipinski definition) is 6. The molecule has 0 aliphatic carbocycles. The van der Waals surface area contributed by atoms with Gasteiger partial charge in [0, 0.05) is 23.7 Å². The predicted molar refractivity (Wildman–Crippen MR) is 73.3 cm³/mol.